The average molecular weight is 270 g/mol. The maximum Gasteiger partial charge on any atom is 0.389 e. The van der Waals surface area contributed by atoms with Crippen molar-refractivity contribution in [1.29, 1.82) is 0 Å². The first kappa shape index (κ1) is 14.0. The molecule has 0 saturated carbocycles. The fourth-order valence-electron chi connectivity index (χ4n) is 1.20. The van der Waals surface area contributed by atoms with Gasteiger partial charge in [-0.15, -0.1) is 0 Å². The smallest absolute Gasteiger partial charge is 0.367 e. The molecule has 0 atom stereocenters. The van der Waals surface area contributed by atoms with Crippen molar-refractivity contribution < 1.29 is 21.6 Å². The van der Waals surface area contributed by atoms with E-state index in [1.165, 1.54) is 0 Å². The van der Waals surface area contributed by atoms with Crippen LogP contribution in [0.15, 0.2) is 18.5 Å². The zero-order valence-electron chi connectivity index (χ0n) is 8.92. The average Bonchev–Trinajstić information content (AvgIpc) is 2.64. The molecule has 0 unspecified atom stereocenters. The van der Waals surface area contributed by atoms with Crippen LogP contribution in [-0.2, 0) is 16.6 Å². The van der Waals surface area contributed by atoms with Crippen molar-refractivity contribution in [2.45, 2.75) is 25.6 Å². The van der Waals surface area contributed by atoms with Gasteiger partial charge in [0.15, 0.2) is 0 Å². The second-order valence-corrected chi connectivity index (χ2v) is 5.50. The summed E-state index contributed by atoms with van der Waals surface area (Å²) in [5, 5.41) is 0. The van der Waals surface area contributed by atoms with Crippen molar-refractivity contribution in [3.63, 3.8) is 0 Å². The van der Waals surface area contributed by atoms with Crippen LogP contribution < -0.4 is 4.72 Å². The number of H-pyrrole nitrogens is 1. The first-order valence-corrected chi connectivity index (χ1v) is 6.59. The molecule has 0 spiro atoms. The van der Waals surface area contributed by atoms with Gasteiger partial charge in [0.05, 0.1) is 5.75 Å². The highest BCUT2D eigenvalue weighted by atomic mass is 32.2. The molecule has 0 aliphatic rings. The Labute approximate surface area is 97.3 Å². The zero-order valence-corrected chi connectivity index (χ0v) is 9.74. The van der Waals surface area contributed by atoms with E-state index in [-0.39, 0.29) is 6.54 Å². The lowest BCUT2D eigenvalue weighted by molar-refractivity contribution is -0.134. The summed E-state index contributed by atoms with van der Waals surface area (Å²) in [6, 6.07) is 1.68. The van der Waals surface area contributed by atoms with Crippen LogP contribution in [0.1, 0.15) is 18.4 Å². The molecule has 1 aromatic rings. The van der Waals surface area contributed by atoms with Gasteiger partial charge in [-0.1, -0.05) is 0 Å². The van der Waals surface area contributed by atoms with Gasteiger partial charge in [-0.3, -0.25) is 0 Å². The summed E-state index contributed by atoms with van der Waals surface area (Å²) in [7, 11) is -3.64. The maximum atomic E-state index is 11.8. The number of nitrogens with one attached hydrogen (secondary N) is 2. The van der Waals surface area contributed by atoms with Gasteiger partial charge in [0.25, 0.3) is 0 Å². The lowest BCUT2D eigenvalue weighted by atomic mass is 10.3. The third kappa shape index (κ3) is 6.32. The van der Waals surface area contributed by atoms with Crippen LogP contribution in [0.4, 0.5) is 13.2 Å². The lowest BCUT2D eigenvalue weighted by Gasteiger charge is -2.07. The summed E-state index contributed by atoms with van der Waals surface area (Å²) < 4.78 is 60.3. The zero-order chi connectivity index (χ0) is 12.9. The van der Waals surface area contributed by atoms with Crippen molar-refractivity contribution >= 4 is 10.0 Å². The predicted molar refractivity (Wildman–Crippen MR) is 56.7 cm³/mol. The first-order chi connectivity index (χ1) is 7.79. The molecule has 1 aromatic heterocycles. The molecular formula is C9H13F3N2O2S. The number of hydrogen-bond acceptors (Lipinski definition) is 2. The lowest BCUT2D eigenvalue weighted by Crippen LogP contribution is -2.26. The summed E-state index contributed by atoms with van der Waals surface area (Å²) >= 11 is 0. The molecule has 0 saturated heterocycles. The largest absolute Gasteiger partial charge is 0.389 e. The molecule has 1 heterocycles. The quantitative estimate of drug-likeness (QED) is 0.827. The van der Waals surface area contributed by atoms with E-state index in [1.54, 1.807) is 18.5 Å². The Morgan fingerprint density at radius 1 is 1.35 bits per heavy atom. The van der Waals surface area contributed by atoms with Gasteiger partial charge < -0.3 is 4.98 Å². The molecule has 0 aliphatic heterocycles. The van der Waals surface area contributed by atoms with E-state index in [4.69, 9.17) is 0 Å². The highest BCUT2D eigenvalue weighted by molar-refractivity contribution is 7.89. The minimum atomic E-state index is -4.31. The highest BCUT2D eigenvalue weighted by Gasteiger charge is 2.27. The number of alkyl halides is 3. The second kappa shape index (κ2) is 5.54. The number of aromatic amines is 1. The molecule has 0 aromatic carbocycles. The van der Waals surface area contributed by atoms with Crippen molar-refractivity contribution in [2.24, 2.45) is 0 Å². The Balaban J connectivity index is 2.31. The van der Waals surface area contributed by atoms with Crippen molar-refractivity contribution in [1.82, 2.24) is 9.71 Å². The summed E-state index contributed by atoms with van der Waals surface area (Å²) in [4.78, 5) is 2.75. The van der Waals surface area contributed by atoms with Crippen LogP contribution in [0.5, 0.6) is 0 Å². The monoisotopic (exact) mass is 270 g/mol. The van der Waals surface area contributed by atoms with Gasteiger partial charge in [0, 0.05) is 25.4 Å². The predicted octanol–water partition coefficient (Wildman–Crippen LogP) is 1.78. The molecule has 0 aliphatic carbocycles. The molecule has 4 nitrogen and oxygen atoms in total. The molecule has 0 amide bonds. The third-order valence-corrected chi connectivity index (χ3v) is 3.44. The SMILES string of the molecule is O=S(=O)(CCCC(F)(F)F)NCc1cc[nH]c1. The van der Waals surface area contributed by atoms with Crippen LogP contribution in [-0.4, -0.2) is 25.3 Å². The van der Waals surface area contributed by atoms with E-state index in [0.29, 0.717) is 0 Å². The van der Waals surface area contributed by atoms with Gasteiger partial charge in [-0.05, 0) is 18.1 Å². The minimum Gasteiger partial charge on any atom is -0.367 e. The molecular weight excluding hydrogens is 257 g/mol. The van der Waals surface area contributed by atoms with Gasteiger partial charge in [0.1, 0.15) is 0 Å². The van der Waals surface area contributed by atoms with E-state index in [0.717, 1.165) is 5.56 Å². The second-order valence-electron chi connectivity index (χ2n) is 3.58. The molecule has 0 bridgehead atoms. The Kier molecular flexibility index (Phi) is 4.58. The van der Waals surface area contributed by atoms with E-state index < -0.39 is 34.8 Å². The van der Waals surface area contributed by atoms with Crippen LogP contribution >= 0.6 is 0 Å². The maximum absolute atomic E-state index is 11.8. The molecule has 0 fully saturated rings. The molecule has 0 radical (unpaired) electrons. The van der Waals surface area contributed by atoms with E-state index in [2.05, 4.69) is 9.71 Å². The van der Waals surface area contributed by atoms with E-state index in [1.807, 2.05) is 0 Å². The third-order valence-electron chi connectivity index (χ3n) is 2.03. The summed E-state index contributed by atoms with van der Waals surface area (Å²) in [6.07, 6.45) is -2.58. The Bertz CT molecular complexity index is 426. The van der Waals surface area contributed by atoms with Gasteiger partial charge in [-0.2, -0.15) is 13.2 Å². The number of hydrogen-bond donors (Lipinski definition) is 2. The number of aromatic nitrogens is 1. The fourth-order valence-corrected chi connectivity index (χ4v) is 2.25. The number of rotatable bonds is 6. The Morgan fingerprint density at radius 2 is 2.06 bits per heavy atom. The van der Waals surface area contributed by atoms with Gasteiger partial charge in [-0.25, -0.2) is 13.1 Å². The molecule has 17 heavy (non-hydrogen) atoms. The molecule has 2 N–H and O–H groups in total. The van der Waals surface area contributed by atoms with Crippen LogP contribution in [0, 0.1) is 0 Å². The molecule has 98 valence electrons. The van der Waals surface area contributed by atoms with E-state index in [9.17, 15) is 21.6 Å². The normalized spacial score (nSPS) is 12.9. The fraction of sp³-hybridized carbons (Fsp3) is 0.556. The van der Waals surface area contributed by atoms with Crippen molar-refractivity contribution in [3.8, 4) is 0 Å². The van der Waals surface area contributed by atoms with Gasteiger partial charge >= 0.3 is 6.18 Å². The van der Waals surface area contributed by atoms with Crippen LogP contribution in [0.25, 0.3) is 0 Å². The first-order valence-electron chi connectivity index (χ1n) is 4.94. The molecule has 8 heteroatoms. The molecule has 1 rings (SSSR count). The van der Waals surface area contributed by atoms with Crippen molar-refractivity contribution in [2.75, 3.05) is 5.75 Å². The standard InChI is InChI=1S/C9H13F3N2O2S/c10-9(11,12)3-1-5-17(15,16)14-7-8-2-4-13-6-8/h2,4,6,13-14H,1,3,5,7H2. The summed E-state index contributed by atoms with van der Waals surface area (Å²) in [6.45, 7) is 0.0812. The van der Waals surface area contributed by atoms with Gasteiger partial charge in [0.2, 0.25) is 10.0 Å². The number of halogens is 3. The Hall–Kier alpha value is -1.02. The summed E-state index contributed by atoms with van der Waals surface area (Å²) in [5.74, 6) is -0.517. The van der Waals surface area contributed by atoms with Crippen LogP contribution in [0.2, 0.25) is 0 Å². The topological polar surface area (TPSA) is 62.0 Å². The number of sulfonamides is 1. The minimum absolute atomic E-state index is 0.0812. The van der Waals surface area contributed by atoms with E-state index >= 15 is 0 Å². The highest BCUT2D eigenvalue weighted by Crippen LogP contribution is 2.21. The summed E-state index contributed by atoms with van der Waals surface area (Å²) in [5.41, 5.74) is 0.726. The van der Waals surface area contributed by atoms with Crippen LogP contribution in [0.3, 0.4) is 0 Å². The Morgan fingerprint density at radius 3 is 2.59 bits per heavy atom. The van der Waals surface area contributed by atoms with Crippen molar-refractivity contribution in [3.05, 3.63) is 24.0 Å².